The molecule has 0 amide bonds. The zero-order chi connectivity index (χ0) is 14.0. The fourth-order valence-corrected chi connectivity index (χ4v) is 1.66. The molecule has 0 spiro atoms. The quantitative estimate of drug-likeness (QED) is 0.850. The van der Waals surface area contributed by atoms with Gasteiger partial charge >= 0.3 is 6.18 Å². The van der Waals surface area contributed by atoms with Crippen LogP contribution in [0.25, 0.3) is 0 Å². The molecule has 0 aliphatic carbocycles. The van der Waals surface area contributed by atoms with Crippen LogP contribution in [0, 0.1) is 0 Å². The van der Waals surface area contributed by atoms with Crippen molar-refractivity contribution in [1.29, 1.82) is 0 Å². The molecule has 0 saturated carbocycles. The number of nitrogens with one attached hydrogen (secondary N) is 1. The maximum Gasteiger partial charge on any atom is 0.432 e. The number of aromatic amines is 1. The number of pyridine rings is 1. The number of hydrogen-bond acceptors (Lipinski definition) is 2. The van der Waals surface area contributed by atoms with Crippen molar-refractivity contribution in [2.75, 3.05) is 0 Å². The van der Waals surface area contributed by atoms with E-state index >= 15 is 0 Å². The molecule has 6 heteroatoms. The largest absolute Gasteiger partial charge is 0.432 e. The Kier molecular flexibility index (Phi) is 3.25. The van der Waals surface area contributed by atoms with Gasteiger partial charge in [0.05, 0.1) is 5.56 Å². The Balaban J connectivity index is 2.63. The number of ketones is 1. The fraction of sp³-hybridized carbons (Fsp3) is 0.0769. The van der Waals surface area contributed by atoms with Crippen LogP contribution in [-0.2, 0) is 6.18 Å². The van der Waals surface area contributed by atoms with Crippen molar-refractivity contribution in [3.8, 4) is 0 Å². The number of halogens is 3. The molecule has 1 aromatic heterocycles. The summed E-state index contributed by atoms with van der Waals surface area (Å²) in [5, 5.41) is 0. The molecular weight excluding hydrogens is 259 g/mol. The van der Waals surface area contributed by atoms with Crippen LogP contribution in [0.3, 0.4) is 0 Å². The highest BCUT2D eigenvalue weighted by Gasteiger charge is 2.37. The zero-order valence-corrected chi connectivity index (χ0v) is 9.49. The lowest BCUT2D eigenvalue weighted by molar-refractivity contribution is -0.141. The number of benzene rings is 1. The molecule has 0 radical (unpaired) electrons. The smallest absolute Gasteiger partial charge is 0.357 e. The molecule has 19 heavy (non-hydrogen) atoms. The van der Waals surface area contributed by atoms with E-state index in [-0.39, 0.29) is 5.56 Å². The molecule has 0 aliphatic rings. The van der Waals surface area contributed by atoms with Gasteiger partial charge in [0.1, 0.15) is 5.69 Å². The lowest BCUT2D eigenvalue weighted by Gasteiger charge is -2.10. The maximum absolute atomic E-state index is 12.8. The molecule has 2 rings (SSSR count). The van der Waals surface area contributed by atoms with Gasteiger partial charge in [-0.2, -0.15) is 13.2 Å². The summed E-state index contributed by atoms with van der Waals surface area (Å²) in [5.41, 5.74) is -3.14. The van der Waals surface area contributed by atoms with E-state index in [0.29, 0.717) is 0 Å². The molecule has 0 bridgehead atoms. The van der Waals surface area contributed by atoms with Crippen LogP contribution in [0.15, 0.2) is 47.4 Å². The van der Waals surface area contributed by atoms with E-state index in [0.717, 1.165) is 12.3 Å². The highest BCUT2D eigenvalue weighted by atomic mass is 19.4. The molecule has 0 fully saturated rings. The second kappa shape index (κ2) is 4.72. The van der Waals surface area contributed by atoms with Crippen molar-refractivity contribution >= 4 is 5.78 Å². The number of hydrogen-bond donors (Lipinski definition) is 1. The summed E-state index contributed by atoms with van der Waals surface area (Å²) >= 11 is 0. The Labute approximate surface area is 105 Å². The normalized spacial score (nSPS) is 11.3. The number of aromatic nitrogens is 1. The highest BCUT2D eigenvalue weighted by Crippen LogP contribution is 2.29. The first kappa shape index (κ1) is 13.1. The molecule has 0 unspecified atom stereocenters. The molecule has 0 saturated heterocycles. The molecule has 1 N–H and O–H groups in total. The van der Waals surface area contributed by atoms with Gasteiger partial charge in [0, 0.05) is 17.8 Å². The van der Waals surface area contributed by atoms with Crippen LogP contribution in [0.2, 0.25) is 0 Å². The Morgan fingerprint density at radius 3 is 2.26 bits per heavy atom. The van der Waals surface area contributed by atoms with Crippen molar-refractivity contribution in [2.24, 2.45) is 0 Å². The van der Waals surface area contributed by atoms with Crippen LogP contribution in [0.5, 0.6) is 0 Å². The van der Waals surface area contributed by atoms with Gasteiger partial charge in [0.15, 0.2) is 11.2 Å². The first-order chi connectivity index (χ1) is 8.91. The molecule has 3 nitrogen and oxygen atoms in total. The lowest BCUT2D eigenvalue weighted by Crippen LogP contribution is -2.24. The lowest BCUT2D eigenvalue weighted by atomic mass is 10.0. The Morgan fingerprint density at radius 1 is 1.05 bits per heavy atom. The molecule has 1 heterocycles. The van der Waals surface area contributed by atoms with Gasteiger partial charge in [-0.1, -0.05) is 30.3 Å². The summed E-state index contributed by atoms with van der Waals surface area (Å²) in [4.78, 5) is 25.5. The number of alkyl halides is 3. The number of carbonyl (C=O) groups is 1. The van der Waals surface area contributed by atoms with Crippen molar-refractivity contribution < 1.29 is 18.0 Å². The predicted molar refractivity (Wildman–Crippen MR) is 61.9 cm³/mol. The third-order valence-corrected chi connectivity index (χ3v) is 2.51. The second-order valence-corrected chi connectivity index (χ2v) is 3.78. The minimum Gasteiger partial charge on any atom is -0.357 e. The summed E-state index contributed by atoms with van der Waals surface area (Å²) in [5.74, 6) is -0.949. The monoisotopic (exact) mass is 267 g/mol. The van der Waals surface area contributed by atoms with Crippen molar-refractivity contribution in [3.05, 3.63) is 69.6 Å². The standard InChI is InChI=1S/C13H8F3NO2/c14-13(15,16)12-10(9(18)6-7-17-12)11(19)8-4-2-1-3-5-8/h1-7H,(H,17,18). The van der Waals surface area contributed by atoms with Gasteiger partial charge in [-0.25, -0.2) is 0 Å². The van der Waals surface area contributed by atoms with E-state index in [1.807, 2.05) is 4.98 Å². The molecule has 0 aliphatic heterocycles. The molecule has 2 aromatic rings. The summed E-state index contributed by atoms with van der Waals surface area (Å²) in [6.45, 7) is 0. The molecular formula is C13H8F3NO2. The third-order valence-electron chi connectivity index (χ3n) is 2.51. The van der Waals surface area contributed by atoms with Crippen molar-refractivity contribution in [1.82, 2.24) is 4.98 Å². The van der Waals surface area contributed by atoms with Gasteiger partial charge in [-0.05, 0) is 0 Å². The Bertz CT molecular complexity index is 660. The van der Waals surface area contributed by atoms with Gasteiger partial charge < -0.3 is 4.98 Å². The first-order valence-corrected chi connectivity index (χ1v) is 5.30. The van der Waals surface area contributed by atoms with Crippen LogP contribution in [-0.4, -0.2) is 10.8 Å². The second-order valence-electron chi connectivity index (χ2n) is 3.78. The van der Waals surface area contributed by atoms with Crippen LogP contribution >= 0.6 is 0 Å². The predicted octanol–water partition coefficient (Wildman–Crippen LogP) is 2.62. The Morgan fingerprint density at radius 2 is 1.68 bits per heavy atom. The average Bonchev–Trinajstić information content (AvgIpc) is 2.37. The fourth-order valence-electron chi connectivity index (χ4n) is 1.66. The van der Waals surface area contributed by atoms with Crippen LogP contribution < -0.4 is 5.43 Å². The van der Waals surface area contributed by atoms with Gasteiger partial charge in [0.2, 0.25) is 0 Å². The van der Waals surface area contributed by atoms with Gasteiger partial charge in [-0.15, -0.1) is 0 Å². The van der Waals surface area contributed by atoms with E-state index < -0.39 is 28.6 Å². The van der Waals surface area contributed by atoms with Crippen molar-refractivity contribution in [2.45, 2.75) is 6.18 Å². The molecule has 0 atom stereocenters. The number of H-pyrrole nitrogens is 1. The minimum atomic E-state index is -4.79. The SMILES string of the molecule is O=C(c1ccccc1)c1c(C(F)(F)F)[nH]ccc1=O. The van der Waals surface area contributed by atoms with Crippen LogP contribution in [0.4, 0.5) is 13.2 Å². The third kappa shape index (κ3) is 2.57. The number of rotatable bonds is 2. The first-order valence-electron chi connectivity index (χ1n) is 5.30. The topological polar surface area (TPSA) is 49.9 Å². The van der Waals surface area contributed by atoms with E-state index in [4.69, 9.17) is 0 Å². The summed E-state index contributed by atoms with van der Waals surface area (Å²) in [7, 11) is 0. The summed E-state index contributed by atoms with van der Waals surface area (Å²) < 4.78 is 38.3. The van der Waals surface area contributed by atoms with Gasteiger partial charge in [-0.3, -0.25) is 9.59 Å². The summed E-state index contributed by atoms with van der Waals surface area (Å²) in [6.07, 6.45) is -3.92. The number of carbonyl (C=O) groups excluding carboxylic acids is 1. The van der Waals surface area contributed by atoms with E-state index in [2.05, 4.69) is 0 Å². The average molecular weight is 267 g/mol. The van der Waals surface area contributed by atoms with E-state index in [1.165, 1.54) is 24.3 Å². The Hall–Kier alpha value is -2.37. The highest BCUT2D eigenvalue weighted by molar-refractivity contribution is 6.09. The van der Waals surface area contributed by atoms with Crippen LogP contribution in [0.1, 0.15) is 21.6 Å². The van der Waals surface area contributed by atoms with Crippen molar-refractivity contribution in [3.63, 3.8) is 0 Å². The zero-order valence-electron chi connectivity index (χ0n) is 9.49. The molecule has 1 aromatic carbocycles. The minimum absolute atomic E-state index is 0.0321. The summed E-state index contributed by atoms with van der Waals surface area (Å²) in [6, 6.07) is 8.25. The van der Waals surface area contributed by atoms with Gasteiger partial charge in [0.25, 0.3) is 0 Å². The van der Waals surface area contributed by atoms with E-state index in [9.17, 15) is 22.8 Å². The maximum atomic E-state index is 12.8. The molecule has 98 valence electrons. The van der Waals surface area contributed by atoms with E-state index in [1.54, 1.807) is 6.07 Å².